The van der Waals surface area contributed by atoms with Crippen molar-refractivity contribution in [2.75, 3.05) is 26.2 Å². The van der Waals surface area contributed by atoms with Crippen LogP contribution in [0.15, 0.2) is 47.8 Å². The summed E-state index contributed by atoms with van der Waals surface area (Å²) in [6, 6.07) is 14.7. The normalized spacial score (nSPS) is 24.6. The molecule has 120 valence electrons. The lowest BCUT2D eigenvalue weighted by atomic mass is 10.1. The molecule has 2 fully saturated rings. The molecule has 0 unspecified atom stereocenters. The molecule has 4 rings (SSSR count). The number of nitrogens with zero attached hydrogens (tertiary/aromatic N) is 2. The zero-order chi connectivity index (χ0) is 15.6. The lowest BCUT2D eigenvalue weighted by Crippen LogP contribution is -2.50. The second-order valence-corrected chi connectivity index (χ2v) is 7.07. The first-order chi connectivity index (χ1) is 11.3. The van der Waals surface area contributed by atoms with Crippen LogP contribution in [0.4, 0.5) is 0 Å². The monoisotopic (exact) mass is 328 g/mol. The van der Waals surface area contributed by atoms with Gasteiger partial charge in [0.15, 0.2) is 0 Å². The summed E-state index contributed by atoms with van der Waals surface area (Å²) in [4.78, 5) is 17.8. The molecular formula is C18H20N2O2S. The molecule has 2 aliphatic rings. The Kier molecular flexibility index (Phi) is 4.16. The number of hydrogen-bond acceptors (Lipinski definition) is 4. The minimum atomic E-state index is 0.136. The Labute approximate surface area is 140 Å². The van der Waals surface area contributed by atoms with Crippen molar-refractivity contribution in [1.82, 2.24) is 9.80 Å². The highest BCUT2D eigenvalue weighted by Crippen LogP contribution is 2.26. The summed E-state index contributed by atoms with van der Waals surface area (Å²) in [5.41, 5.74) is 1.32. The summed E-state index contributed by atoms with van der Waals surface area (Å²) in [5, 5.41) is 1.95. The van der Waals surface area contributed by atoms with Gasteiger partial charge in [-0.25, -0.2) is 0 Å². The number of hydrogen-bond donors (Lipinski definition) is 0. The smallest absolute Gasteiger partial charge is 0.264 e. The first kappa shape index (κ1) is 14.9. The molecule has 4 nitrogen and oxygen atoms in total. The number of benzene rings is 1. The predicted octanol–water partition coefficient (Wildman–Crippen LogP) is 2.47. The molecule has 23 heavy (non-hydrogen) atoms. The van der Waals surface area contributed by atoms with Gasteiger partial charge in [-0.2, -0.15) is 0 Å². The van der Waals surface area contributed by atoms with E-state index in [2.05, 4.69) is 29.2 Å². The molecule has 0 bridgehead atoms. The van der Waals surface area contributed by atoms with Crippen LogP contribution in [0.5, 0.6) is 0 Å². The van der Waals surface area contributed by atoms with Crippen LogP contribution in [0, 0.1) is 0 Å². The van der Waals surface area contributed by atoms with Crippen LogP contribution < -0.4 is 0 Å². The molecule has 0 spiro atoms. The Balaban J connectivity index is 1.47. The lowest BCUT2D eigenvalue weighted by Gasteiger charge is -2.36. The largest absolute Gasteiger partial charge is 0.373 e. The van der Waals surface area contributed by atoms with Gasteiger partial charge >= 0.3 is 0 Å². The average Bonchev–Trinajstić information content (AvgIpc) is 3.25. The van der Waals surface area contributed by atoms with Crippen LogP contribution in [0.2, 0.25) is 0 Å². The molecule has 0 aliphatic carbocycles. The van der Waals surface area contributed by atoms with Crippen LogP contribution in [0.3, 0.4) is 0 Å². The standard InChI is InChI=1S/C18H20N2O2S/c21-18(17-7-4-10-23-17)20-12-15-16(13-20)22-9-8-19(15)11-14-5-2-1-3-6-14/h1-7,10,15-16H,8-9,11-13H2/t15-,16-/m0/s1. The molecule has 0 saturated carbocycles. The molecule has 3 heterocycles. The summed E-state index contributed by atoms with van der Waals surface area (Å²) in [6.07, 6.45) is 0.136. The van der Waals surface area contributed by atoms with E-state index < -0.39 is 0 Å². The van der Waals surface area contributed by atoms with E-state index in [0.29, 0.717) is 12.6 Å². The molecule has 1 aromatic carbocycles. The minimum Gasteiger partial charge on any atom is -0.373 e. The van der Waals surface area contributed by atoms with Crippen molar-refractivity contribution in [1.29, 1.82) is 0 Å². The first-order valence-corrected chi connectivity index (χ1v) is 8.91. The topological polar surface area (TPSA) is 32.8 Å². The molecule has 1 amide bonds. The summed E-state index contributed by atoms with van der Waals surface area (Å²) in [6.45, 7) is 4.06. The molecule has 2 atom stereocenters. The van der Waals surface area contributed by atoms with Gasteiger partial charge in [-0.05, 0) is 17.0 Å². The Morgan fingerprint density at radius 2 is 2.04 bits per heavy atom. The summed E-state index contributed by atoms with van der Waals surface area (Å²) in [5.74, 6) is 0.137. The second kappa shape index (κ2) is 6.43. The zero-order valence-electron chi connectivity index (χ0n) is 12.9. The highest BCUT2D eigenvalue weighted by molar-refractivity contribution is 7.12. The van der Waals surface area contributed by atoms with Crippen LogP contribution >= 0.6 is 11.3 Å². The highest BCUT2D eigenvalue weighted by Gasteiger charge is 2.41. The third-order valence-electron chi connectivity index (χ3n) is 4.66. The van der Waals surface area contributed by atoms with Crippen molar-refractivity contribution < 1.29 is 9.53 Å². The van der Waals surface area contributed by atoms with Gasteiger partial charge in [0.2, 0.25) is 0 Å². The average molecular weight is 328 g/mol. The number of fused-ring (bicyclic) bond motifs is 1. The molecule has 0 N–H and O–H groups in total. The van der Waals surface area contributed by atoms with E-state index in [1.54, 1.807) is 0 Å². The maximum atomic E-state index is 12.6. The van der Waals surface area contributed by atoms with Crippen molar-refractivity contribution in [2.24, 2.45) is 0 Å². The molecule has 2 saturated heterocycles. The van der Waals surface area contributed by atoms with Gasteiger partial charge in [-0.15, -0.1) is 11.3 Å². The fourth-order valence-corrected chi connectivity index (χ4v) is 4.19. The Hall–Kier alpha value is -1.69. The van der Waals surface area contributed by atoms with Gasteiger partial charge in [0.05, 0.1) is 23.6 Å². The number of rotatable bonds is 3. The Morgan fingerprint density at radius 3 is 2.83 bits per heavy atom. The summed E-state index contributed by atoms with van der Waals surface area (Å²) in [7, 11) is 0. The maximum absolute atomic E-state index is 12.6. The lowest BCUT2D eigenvalue weighted by molar-refractivity contribution is -0.0503. The molecule has 1 aromatic heterocycles. The zero-order valence-corrected chi connectivity index (χ0v) is 13.7. The van der Waals surface area contributed by atoms with E-state index in [1.165, 1.54) is 16.9 Å². The fourth-order valence-electron chi connectivity index (χ4n) is 3.49. The number of carbonyl (C=O) groups excluding carboxylic acids is 1. The number of carbonyl (C=O) groups is 1. The van der Waals surface area contributed by atoms with E-state index in [-0.39, 0.29) is 12.0 Å². The fraction of sp³-hybridized carbons (Fsp3) is 0.389. The number of likely N-dealkylation sites (tertiary alicyclic amines) is 1. The quantitative estimate of drug-likeness (QED) is 0.868. The van der Waals surface area contributed by atoms with Gasteiger partial charge in [0, 0.05) is 26.2 Å². The van der Waals surface area contributed by atoms with E-state index >= 15 is 0 Å². The first-order valence-electron chi connectivity index (χ1n) is 8.03. The van der Waals surface area contributed by atoms with Crippen molar-refractivity contribution >= 4 is 17.2 Å². The van der Waals surface area contributed by atoms with E-state index in [1.807, 2.05) is 28.5 Å². The van der Waals surface area contributed by atoms with Gasteiger partial charge in [-0.1, -0.05) is 36.4 Å². The SMILES string of the molecule is O=C(c1cccs1)N1C[C@@H]2OCCN(Cc3ccccc3)[C@H]2C1. The number of morpholine rings is 1. The molecule has 0 radical (unpaired) electrons. The number of thiophene rings is 1. The van der Waals surface area contributed by atoms with Crippen LogP contribution in [0.1, 0.15) is 15.2 Å². The minimum absolute atomic E-state index is 0.136. The summed E-state index contributed by atoms with van der Waals surface area (Å²) >= 11 is 1.51. The number of ether oxygens (including phenoxy) is 1. The van der Waals surface area contributed by atoms with Crippen molar-refractivity contribution in [3.63, 3.8) is 0 Å². The highest BCUT2D eigenvalue weighted by atomic mass is 32.1. The van der Waals surface area contributed by atoms with Crippen LogP contribution in [-0.2, 0) is 11.3 Å². The van der Waals surface area contributed by atoms with Gasteiger partial charge in [0.1, 0.15) is 0 Å². The van der Waals surface area contributed by atoms with E-state index in [9.17, 15) is 4.79 Å². The maximum Gasteiger partial charge on any atom is 0.264 e. The Morgan fingerprint density at radius 1 is 1.17 bits per heavy atom. The molecule has 5 heteroatoms. The van der Waals surface area contributed by atoms with Gasteiger partial charge in [-0.3, -0.25) is 9.69 Å². The van der Waals surface area contributed by atoms with E-state index in [4.69, 9.17) is 4.74 Å². The predicted molar refractivity (Wildman–Crippen MR) is 90.6 cm³/mol. The number of amides is 1. The van der Waals surface area contributed by atoms with E-state index in [0.717, 1.165) is 31.1 Å². The van der Waals surface area contributed by atoms with Crippen molar-refractivity contribution in [2.45, 2.75) is 18.7 Å². The van der Waals surface area contributed by atoms with Crippen LogP contribution in [0.25, 0.3) is 0 Å². The van der Waals surface area contributed by atoms with Crippen LogP contribution in [-0.4, -0.2) is 54.1 Å². The van der Waals surface area contributed by atoms with Gasteiger partial charge in [0.25, 0.3) is 5.91 Å². The van der Waals surface area contributed by atoms with Gasteiger partial charge < -0.3 is 9.64 Å². The molecular weight excluding hydrogens is 308 g/mol. The second-order valence-electron chi connectivity index (χ2n) is 6.12. The summed E-state index contributed by atoms with van der Waals surface area (Å²) < 4.78 is 5.94. The van der Waals surface area contributed by atoms with Crippen molar-refractivity contribution in [3.05, 3.63) is 58.3 Å². The molecule has 2 aromatic rings. The van der Waals surface area contributed by atoms with Crippen molar-refractivity contribution in [3.8, 4) is 0 Å². The third-order valence-corrected chi connectivity index (χ3v) is 5.52. The molecule has 2 aliphatic heterocycles. The Bertz CT molecular complexity index is 659. The third kappa shape index (κ3) is 3.04.